The zero-order valence-electron chi connectivity index (χ0n) is 12.5. The summed E-state index contributed by atoms with van der Waals surface area (Å²) >= 11 is 0. The van der Waals surface area contributed by atoms with E-state index < -0.39 is 0 Å². The molecule has 0 radical (unpaired) electrons. The van der Waals surface area contributed by atoms with Gasteiger partial charge in [-0.1, -0.05) is 78.8 Å². The Morgan fingerprint density at radius 3 is 2.10 bits per heavy atom. The first-order chi connectivity index (χ1) is 10.3. The quantitative estimate of drug-likeness (QED) is 0.712. The van der Waals surface area contributed by atoms with E-state index in [2.05, 4.69) is 67.6 Å². The molecule has 2 aliphatic carbocycles. The van der Waals surface area contributed by atoms with Gasteiger partial charge in [-0.3, -0.25) is 0 Å². The predicted octanol–water partition coefficient (Wildman–Crippen LogP) is 5.29. The zero-order valence-corrected chi connectivity index (χ0v) is 12.5. The van der Waals surface area contributed by atoms with Gasteiger partial charge in [0.05, 0.1) is 0 Å². The van der Waals surface area contributed by atoms with Crippen molar-refractivity contribution in [1.29, 1.82) is 0 Å². The predicted molar refractivity (Wildman–Crippen MR) is 90.0 cm³/mol. The van der Waals surface area contributed by atoms with Crippen molar-refractivity contribution in [1.82, 2.24) is 0 Å². The number of rotatable bonds is 3. The summed E-state index contributed by atoms with van der Waals surface area (Å²) in [5.74, 6) is 0.637. The van der Waals surface area contributed by atoms with Crippen LogP contribution in [0, 0.1) is 5.92 Å². The first kappa shape index (κ1) is 12.6. The Morgan fingerprint density at radius 2 is 1.43 bits per heavy atom. The Kier molecular flexibility index (Phi) is 3.03. The third-order valence-electron chi connectivity index (χ3n) is 4.82. The smallest absolute Gasteiger partial charge is 0.00550 e. The average Bonchev–Trinajstić information content (AvgIpc) is 3.10. The van der Waals surface area contributed by atoms with Crippen LogP contribution in [0.3, 0.4) is 0 Å². The second-order valence-electron chi connectivity index (χ2n) is 6.38. The molecule has 0 bridgehead atoms. The fourth-order valence-electron chi connectivity index (χ4n) is 3.63. The number of hydrogen-bond acceptors (Lipinski definition) is 0. The van der Waals surface area contributed by atoms with Gasteiger partial charge in [0, 0.05) is 0 Å². The van der Waals surface area contributed by atoms with Gasteiger partial charge in [0.1, 0.15) is 0 Å². The third kappa shape index (κ3) is 2.35. The van der Waals surface area contributed by atoms with E-state index in [1.54, 1.807) is 11.1 Å². The second kappa shape index (κ2) is 5.04. The minimum Gasteiger partial charge on any atom is -0.0646 e. The van der Waals surface area contributed by atoms with Crippen LogP contribution in [0.15, 0.2) is 59.7 Å². The highest BCUT2D eigenvalue weighted by Crippen LogP contribution is 2.35. The van der Waals surface area contributed by atoms with Crippen LogP contribution in [0.1, 0.15) is 35.6 Å². The minimum absolute atomic E-state index is 0.637. The molecule has 0 aromatic heterocycles. The Bertz CT molecular complexity index is 746. The Labute approximate surface area is 126 Å². The summed E-state index contributed by atoms with van der Waals surface area (Å²) in [7, 11) is 0. The van der Waals surface area contributed by atoms with Crippen molar-refractivity contribution in [2.45, 2.75) is 26.2 Å². The maximum absolute atomic E-state index is 2.41. The Morgan fingerprint density at radius 1 is 0.810 bits per heavy atom. The fraction of sp³-hybridized carbons (Fsp3) is 0.238. The molecule has 0 spiro atoms. The molecule has 4 rings (SSSR count). The monoisotopic (exact) mass is 272 g/mol. The Balaban J connectivity index is 1.48. The molecule has 0 saturated heterocycles. The minimum atomic E-state index is 0.637. The Hall–Kier alpha value is -2.08. The van der Waals surface area contributed by atoms with Crippen LogP contribution in [0.2, 0.25) is 0 Å². The van der Waals surface area contributed by atoms with Crippen LogP contribution < -0.4 is 0 Å². The van der Waals surface area contributed by atoms with E-state index in [1.807, 2.05) is 0 Å². The normalized spacial score (nSPS) is 17.0. The van der Waals surface area contributed by atoms with Gasteiger partial charge in [-0.2, -0.15) is 0 Å². The second-order valence-corrected chi connectivity index (χ2v) is 6.38. The average molecular weight is 272 g/mol. The van der Waals surface area contributed by atoms with Gasteiger partial charge in [-0.05, 0) is 47.4 Å². The van der Waals surface area contributed by atoms with Crippen LogP contribution in [0.4, 0.5) is 0 Å². The molecule has 2 aromatic rings. The van der Waals surface area contributed by atoms with Crippen molar-refractivity contribution < 1.29 is 0 Å². The number of fused-ring (bicyclic) bond motifs is 2. The molecule has 0 amide bonds. The van der Waals surface area contributed by atoms with E-state index in [0.29, 0.717) is 5.92 Å². The lowest BCUT2D eigenvalue weighted by Gasteiger charge is -2.13. The van der Waals surface area contributed by atoms with Crippen LogP contribution in [0.25, 0.3) is 12.2 Å². The molecule has 0 nitrogen and oxygen atoms in total. The van der Waals surface area contributed by atoms with Crippen LogP contribution in [0.5, 0.6) is 0 Å². The van der Waals surface area contributed by atoms with E-state index in [4.69, 9.17) is 0 Å². The molecule has 0 heterocycles. The van der Waals surface area contributed by atoms with Crippen molar-refractivity contribution in [3.63, 3.8) is 0 Å². The highest BCUT2D eigenvalue weighted by molar-refractivity contribution is 5.66. The number of benzene rings is 2. The van der Waals surface area contributed by atoms with E-state index >= 15 is 0 Å². The summed E-state index contributed by atoms with van der Waals surface area (Å²) in [6, 6.07) is 17.6. The molecule has 21 heavy (non-hydrogen) atoms. The molecule has 2 aliphatic rings. The van der Waals surface area contributed by atoms with Crippen LogP contribution >= 0.6 is 0 Å². The van der Waals surface area contributed by atoms with Gasteiger partial charge in [-0.15, -0.1) is 0 Å². The summed E-state index contributed by atoms with van der Waals surface area (Å²) < 4.78 is 0. The van der Waals surface area contributed by atoms with Crippen molar-refractivity contribution in [3.05, 3.63) is 81.9 Å². The highest BCUT2D eigenvalue weighted by atomic mass is 14.2. The molecule has 104 valence electrons. The maximum Gasteiger partial charge on any atom is -0.00550 e. The summed E-state index contributed by atoms with van der Waals surface area (Å²) in [6.07, 6.45) is 8.27. The summed E-state index contributed by atoms with van der Waals surface area (Å²) in [5.41, 5.74) is 8.99. The molecular formula is C21H20. The SMILES string of the molecule is CC(CC1=Cc2ccccc2C1)C1=Cc2ccccc2C1. The molecule has 1 atom stereocenters. The molecule has 1 unspecified atom stereocenters. The molecule has 0 N–H and O–H groups in total. The van der Waals surface area contributed by atoms with Crippen molar-refractivity contribution in [2.75, 3.05) is 0 Å². The zero-order chi connectivity index (χ0) is 14.2. The molecule has 0 fully saturated rings. The lowest BCUT2D eigenvalue weighted by atomic mass is 9.91. The van der Waals surface area contributed by atoms with E-state index in [9.17, 15) is 0 Å². The van der Waals surface area contributed by atoms with Gasteiger partial charge < -0.3 is 0 Å². The van der Waals surface area contributed by atoms with Gasteiger partial charge >= 0.3 is 0 Å². The molecule has 2 aromatic carbocycles. The van der Waals surface area contributed by atoms with E-state index in [1.165, 1.54) is 28.7 Å². The van der Waals surface area contributed by atoms with Crippen LogP contribution in [-0.2, 0) is 12.8 Å². The number of hydrogen-bond donors (Lipinski definition) is 0. The van der Waals surface area contributed by atoms with Gasteiger partial charge in [0.15, 0.2) is 0 Å². The summed E-state index contributed by atoms with van der Waals surface area (Å²) in [4.78, 5) is 0. The lowest BCUT2D eigenvalue weighted by Crippen LogP contribution is -2.01. The number of allylic oxidation sites excluding steroid dienone is 2. The third-order valence-corrected chi connectivity index (χ3v) is 4.82. The van der Waals surface area contributed by atoms with Crippen molar-refractivity contribution in [2.24, 2.45) is 5.92 Å². The standard InChI is InChI=1S/C21H20/c1-15(21-13-19-8-4-5-9-20(19)14-21)10-16-11-17-6-2-3-7-18(17)12-16/h2-9,11,13,15H,10,12,14H2,1H3. The molecule has 0 heteroatoms. The first-order valence-corrected chi connectivity index (χ1v) is 7.85. The summed E-state index contributed by atoms with van der Waals surface area (Å²) in [6.45, 7) is 2.38. The largest absolute Gasteiger partial charge is 0.0646 e. The molecule has 0 saturated carbocycles. The molecule has 0 aliphatic heterocycles. The van der Waals surface area contributed by atoms with Crippen molar-refractivity contribution in [3.8, 4) is 0 Å². The van der Waals surface area contributed by atoms with Crippen molar-refractivity contribution >= 4 is 12.2 Å². The van der Waals surface area contributed by atoms with Crippen LogP contribution in [-0.4, -0.2) is 0 Å². The van der Waals surface area contributed by atoms with Gasteiger partial charge in [0.25, 0.3) is 0 Å². The van der Waals surface area contributed by atoms with E-state index in [0.717, 1.165) is 12.8 Å². The topological polar surface area (TPSA) is 0 Å². The lowest BCUT2D eigenvalue weighted by molar-refractivity contribution is 0.658. The maximum atomic E-state index is 2.41. The fourth-order valence-corrected chi connectivity index (χ4v) is 3.63. The highest BCUT2D eigenvalue weighted by Gasteiger charge is 2.20. The van der Waals surface area contributed by atoms with Gasteiger partial charge in [-0.25, -0.2) is 0 Å². The summed E-state index contributed by atoms with van der Waals surface area (Å²) in [5, 5.41) is 0. The van der Waals surface area contributed by atoms with Gasteiger partial charge in [0.2, 0.25) is 0 Å². The first-order valence-electron chi connectivity index (χ1n) is 7.85. The van der Waals surface area contributed by atoms with E-state index in [-0.39, 0.29) is 0 Å². The molecular weight excluding hydrogens is 252 g/mol.